The number of carbonyl (C=O) groups excluding carboxylic acids is 4. The molecule has 0 unspecified atom stereocenters. The number of fused-ring (bicyclic) bond motifs is 4. The summed E-state index contributed by atoms with van der Waals surface area (Å²) in [7, 11) is 7.36. The average Bonchev–Trinajstić information content (AvgIpc) is 3.33. The third-order valence-electron chi connectivity index (χ3n) is 11.6. The Bertz CT molecular complexity index is 2220. The Morgan fingerprint density at radius 1 is 0.456 bits per heavy atom. The molecule has 0 saturated heterocycles. The van der Waals surface area contributed by atoms with E-state index in [1.165, 1.54) is 0 Å². The molecule has 0 aliphatic carbocycles. The molecule has 4 heterocycles. The quantitative estimate of drug-likeness (QED) is 0.0802. The third kappa shape index (κ3) is 13.6. The van der Waals surface area contributed by atoms with Gasteiger partial charge in [0.2, 0.25) is 0 Å². The van der Waals surface area contributed by atoms with Crippen molar-refractivity contribution in [1.82, 2.24) is 19.6 Å². The van der Waals surface area contributed by atoms with Crippen molar-refractivity contribution < 1.29 is 39.6 Å². The zero-order valence-electron chi connectivity index (χ0n) is 40.1. The molecule has 68 heavy (non-hydrogen) atoms. The van der Waals surface area contributed by atoms with Crippen molar-refractivity contribution in [2.24, 2.45) is 0 Å². The Labute approximate surface area is 398 Å². The van der Waals surface area contributed by atoms with E-state index < -0.39 is 12.2 Å². The van der Waals surface area contributed by atoms with Gasteiger partial charge in [-0.2, -0.15) is 0 Å². The van der Waals surface area contributed by atoms with Crippen LogP contribution >= 0.6 is 0 Å². The monoisotopic (exact) mass is 941 g/mol. The molecule has 0 spiro atoms. The largest absolute Gasteiger partial charge is 0.394 e. The highest BCUT2D eigenvalue weighted by atomic mass is 16.3. The van der Waals surface area contributed by atoms with E-state index in [2.05, 4.69) is 42.5 Å². The number of rotatable bonds is 12. The van der Waals surface area contributed by atoms with Gasteiger partial charge in [0.05, 0.1) is 37.5 Å². The molecule has 0 aromatic heterocycles. The lowest BCUT2D eigenvalue weighted by Crippen LogP contribution is -2.45. The van der Waals surface area contributed by atoms with Crippen molar-refractivity contribution >= 4 is 69.6 Å². The molecule has 0 radical (unpaired) electrons. The number of aliphatic hydroxyl groups excluding tert-OH is 4. The first kappa shape index (κ1) is 52.0. The summed E-state index contributed by atoms with van der Waals surface area (Å²) in [5.41, 5.74) is 11.4. The molecule has 4 aromatic carbocycles. The minimum absolute atomic E-state index is 0.0304. The lowest BCUT2D eigenvalue weighted by molar-refractivity contribution is 0.134. The summed E-state index contributed by atoms with van der Waals surface area (Å²) in [5, 5.41) is 60.3. The van der Waals surface area contributed by atoms with E-state index in [4.69, 9.17) is 10.2 Å². The van der Waals surface area contributed by atoms with E-state index in [0.29, 0.717) is 39.3 Å². The van der Waals surface area contributed by atoms with Crippen LogP contribution in [0, 0.1) is 0 Å². The maximum atomic E-state index is 11.8. The molecule has 0 saturated carbocycles. The maximum absolute atomic E-state index is 11.8. The zero-order chi connectivity index (χ0) is 49.7. The van der Waals surface area contributed by atoms with Crippen LogP contribution in [-0.2, 0) is 26.2 Å². The first-order valence-corrected chi connectivity index (χ1v) is 22.6. The number of β-amino-alcohol motifs (C(OH)–C–C–N with tert-alkyl or cyclic N) is 2. The molecular weight excluding hydrogens is 873 g/mol. The van der Waals surface area contributed by atoms with Crippen molar-refractivity contribution in [2.75, 3.05) is 97.0 Å². The van der Waals surface area contributed by atoms with E-state index in [-0.39, 0.29) is 49.4 Å². The Balaban J connectivity index is 0.000000169. The first-order chi connectivity index (χ1) is 32.5. The SMILES string of the molecule is CNc1ccc2c(c1)NC(=O)N(C[C@@H](C)O)C2.CNc1ccc2c(c1)NC(=O)N(C[C@H](C)O)C2.CNc1ccc2c(c1)NC(=O)N([C@@H](C)CO)C2.CNc1ccc2c(c1)NC(=O)N([C@H](C)CO)C2. The summed E-state index contributed by atoms with van der Waals surface area (Å²) in [4.78, 5) is 53.7. The number of nitrogens with one attached hydrogen (secondary N) is 8. The fourth-order valence-electron chi connectivity index (χ4n) is 7.61. The van der Waals surface area contributed by atoms with Gasteiger partial charge in [-0.1, -0.05) is 24.3 Å². The van der Waals surface area contributed by atoms with Crippen LogP contribution in [0.25, 0.3) is 0 Å². The summed E-state index contributed by atoms with van der Waals surface area (Å²) in [6.45, 7) is 9.78. The van der Waals surface area contributed by atoms with Gasteiger partial charge in [-0.05, 0) is 98.5 Å². The molecular formula is C48H68N12O8. The molecule has 12 N–H and O–H groups in total. The van der Waals surface area contributed by atoms with Crippen LogP contribution in [0.1, 0.15) is 49.9 Å². The van der Waals surface area contributed by atoms with Crippen LogP contribution in [0.15, 0.2) is 72.8 Å². The molecule has 20 heteroatoms. The second-order valence-corrected chi connectivity index (χ2v) is 17.0. The standard InChI is InChI=1S/4C12H17N3O2/c2*1-8(7-16)15-6-9-3-4-10(13-2)5-11(9)14-12(15)17;2*1-8(16)6-15-7-9-3-4-10(13-2)5-11(9)14-12(15)17/h4*3-5,8,13,16H,6-7H2,1-2H3,(H,14,17)/t4*8-/m1010/s1. The third-order valence-corrected chi connectivity index (χ3v) is 11.6. The zero-order valence-corrected chi connectivity index (χ0v) is 40.1. The second kappa shape index (κ2) is 24.1. The van der Waals surface area contributed by atoms with Gasteiger partial charge in [-0.15, -0.1) is 0 Å². The summed E-state index contributed by atoms with van der Waals surface area (Å²) in [5.74, 6) is 0. The van der Waals surface area contributed by atoms with Crippen LogP contribution in [0.5, 0.6) is 0 Å². The Kier molecular flexibility index (Phi) is 18.5. The summed E-state index contributed by atoms with van der Waals surface area (Å²) < 4.78 is 0. The highest BCUT2D eigenvalue weighted by molar-refractivity contribution is 5.95. The Hall–Kier alpha value is -7.00. The first-order valence-electron chi connectivity index (χ1n) is 22.6. The molecule has 368 valence electrons. The Morgan fingerprint density at radius 2 is 0.721 bits per heavy atom. The number of amides is 8. The highest BCUT2D eigenvalue weighted by Crippen LogP contribution is 2.30. The molecule has 20 nitrogen and oxygen atoms in total. The van der Waals surface area contributed by atoms with Crippen LogP contribution in [0.4, 0.5) is 64.7 Å². The van der Waals surface area contributed by atoms with Crippen molar-refractivity contribution in [3.8, 4) is 0 Å². The van der Waals surface area contributed by atoms with Gasteiger partial charge in [-0.3, -0.25) is 0 Å². The summed E-state index contributed by atoms with van der Waals surface area (Å²) in [6.07, 6.45) is -1.03. The fraction of sp³-hybridized carbons (Fsp3) is 0.417. The minimum Gasteiger partial charge on any atom is -0.394 e. The van der Waals surface area contributed by atoms with Gasteiger partial charge in [0.15, 0.2) is 0 Å². The fourth-order valence-corrected chi connectivity index (χ4v) is 7.61. The van der Waals surface area contributed by atoms with Gasteiger partial charge < -0.3 is 82.6 Å². The number of hydrogen-bond acceptors (Lipinski definition) is 12. The van der Waals surface area contributed by atoms with Crippen molar-refractivity contribution in [1.29, 1.82) is 0 Å². The van der Waals surface area contributed by atoms with Crippen LogP contribution < -0.4 is 42.5 Å². The number of urea groups is 4. The molecule has 4 aromatic rings. The lowest BCUT2D eigenvalue weighted by Gasteiger charge is -2.33. The molecule has 0 bridgehead atoms. The minimum atomic E-state index is -0.515. The van der Waals surface area contributed by atoms with Crippen molar-refractivity contribution in [3.63, 3.8) is 0 Å². The molecule has 8 amide bonds. The van der Waals surface area contributed by atoms with Gasteiger partial charge in [-0.25, -0.2) is 19.2 Å². The normalized spacial score (nSPS) is 16.2. The molecule has 0 fully saturated rings. The predicted molar refractivity (Wildman–Crippen MR) is 268 cm³/mol. The predicted octanol–water partition coefficient (Wildman–Crippen LogP) is 5.83. The molecule has 4 aliphatic heterocycles. The van der Waals surface area contributed by atoms with Gasteiger partial charge in [0.25, 0.3) is 0 Å². The molecule has 4 aliphatic rings. The summed E-state index contributed by atoms with van der Waals surface area (Å²) in [6, 6.07) is 22.5. The number of carbonyl (C=O) groups is 4. The van der Waals surface area contributed by atoms with E-state index in [0.717, 1.165) is 67.8 Å². The molecule has 4 atom stereocenters. The second-order valence-electron chi connectivity index (χ2n) is 17.0. The van der Waals surface area contributed by atoms with Gasteiger partial charge in [0.1, 0.15) is 0 Å². The smallest absolute Gasteiger partial charge is 0.322 e. The maximum Gasteiger partial charge on any atom is 0.322 e. The lowest BCUT2D eigenvalue weighted by atomic mass is 10.1. The topological polar surface area (TPSA) is 258 Å². The van der Waals surface area contributed by atoms with Crippen LogP contribution in [0.3, 0.4) is 0 Å². The van der Waals surface area contributed by atoms with Crippen molar-refractivity contribution in [3.05, 3.63) is 95.1 Å². The van der Waals surface area contributed by atoms with Crippen LogP contribution in [0.2, 0.25) is 0 Å². The summed E-state index contributed by atoms with van der Waals surface area (Å²) >= 11 is 0. The number of hydrogen-bond donors (Lipinski definition) is 12. The van der Waals surface area contributed by atoms with Gasteiger partial charge in [0, 0.05) is 113 Å². The average molecular weight is 941 g/mol. The number of anilines is 8. The van der Waals surface area contributed by atoms with E-state index >= 15 is 0 Å². The highest BCUT2D eigenvalue weighted by Gasteiger charge is 2.28. The Morgan fingerprint density at radius 3 is 0.971 bits per heavy atom. The van der Waals surface area contributed by atoms with Crippen LogP contribution in [-0.4, -0.2) is 143 Å². The number of aliphatic hydroxyl groups is 4. The van der Waals surface area contributed by atoms with Crippen molar-refractivity contribution in [2.45, 2.75) is 78.2 Å². The van der Waals surface area contributed by atoms with E-state index in [9.17, 15) is 29.4 Å². The van der Waals surface area contributed by atoms with E-state index in [1.807, 2.05) is 115 Å². The molecule has 8 rings (SSSR count). The number of benzene rings is 4. The van der Waals surface area contributed by atoms with E-state index in [1.54, 1.807) is 33.4 Å². The van der Waals surface area contributed by atoms with Gasteiger partial charge >= 0.3 is 24.1 Å². The number of nitrogens with zero attached hydrogens (tertiary/aromatic N) is 4.